The molecule has 1 aromatic rings. The predicted octanol–water partition coefficient (Wildman–Crippen LogP) is 1.99. The molecule has 1 aliphatic heterocycles. The van der Waals surface area contributed by atoms with Crippen molar-refractivity contribution in [1.29, 1.82) is 0 Å². The maximum atomic E-state index is 11.6. The minimum atomic E-state index is -0.111. The van der Waals surface area contributed by atoms with Crippen molar-refractivity contribution >= 4 is 17.6 Å². The highest BCUT2D eigenvalue weighted by molar-refractivity contribution is 6.30. The van der Waals surface area contributed by atoms with Crippen LogP contribution in [0.15, 0.2) is 24.3 Å². The zero-order valence-electron chi connectivity index (χ0n) is 8.91. The smallest absolute Gasteiger partial charge is 0.310 e. The summed E-state index contributed by atoms with van der Waals surface area (Å²) in [5.41, 5.74) is 0.962. The maximum absolute atomic E-state index is 11.6. The summed E-state index contributed by atoms with van der Waals surface area (Å²) in [4.78, 5) is 11.6. The van der Waals surface area contributed by atoms with Gasteiger partial charge in [-0.1, -0.05) is 23.7 Å². The minimum Gasteiger partial charge on any atom is -0.461 e. The molecular weight excluding hydrogens is 226 g/mol. The Morgan fingerprint density at radius 2 is 2.19 bits per heavy atom. The summed E-state index contributed by atoms with van der Waals surface area (Å²) >= 11 is 5.76. The summed E-state index contributed by atoms with van der Waals surface area (Å²) in [7, 11) is 0. The predicted molar refractivity (Wildman–Crippen MR) is 62.2 cm³/mol. The van der Waals surface area contributed by atoms with E-state index in [2.05, 4.69) is 5.32 Å². The first-order valence-corrected chi connectivity index (χ1v) is 5.75. The molecule has 0 amide bonds. The van der Waals surface area contributed by atoms with Gasteiger partial charge in [0.2, 0.25) is 0 Å². The van der Waals surface area contributed by atoms with E-state index in [0.29, 0.717) is 11.6 Å². The monoisotopic (exact) mass is 239 g/mol. The second kappa shape index (κ2) is 5.32. The third-order valence-electron chi connectivity index (χ3n) is 2.69. The van der Waals surface area contributed by atoms with Crippen LogP contribution in [0.4, 0.5) is 0 Å². The Labute approximate surface area is 99.7 Å². The van der Waals surface area contributed by atoms with Crippen molar-refractivity contribution < 1.29 is 9.53 Å². The van der Waals surface area contributed by atoms with Crippen LogP contribution < -0.4 is 5.32 Å². The van der Waals surface area contributed by atoms with Crippen molar-refractivity contribution in [3.63, 3.8) is 0 Å². The molecule has 3 nitrogen and oxygen atoms in total. The molecule has 1 saturated heterocycles. The van der Waals surface area contributed by atoms with Crippen LogP contribution in [0.3, 0.4) is 0 Å². The van der Waals surface area contributed by atoms with E-state index in [4.69, 9.17) is 16.3 Å². The highest BCUT2D eigenvalue weighted by Gasteiger charge is 2.23. The molecule has 1 aromatic carbocycles. The average molecular weight is 240 g/mol. The molecular formula is C12H14ClNO2. The molecule has 0 aliphatic carbocycles. The van der Waals surface area contributed by atoms with Crippen LogP contribution in [-0.4, -0.2) is 19.1 Å². The molecule has 1 unspecified atom stereocenters. The number of hydrogen-bond donors (Lipinski definition) is 1. The van der Waals surface area contributed by atoms with E-state index in [1.807, 2.05) is 12.1 Å². The minimum absolute atomic E-state index is 0.0206. The summed E-state index contributed by atoms with van der Waals surface area (Å²) in [6.45, 7) is 1.96. The fourth-order valence-electron chi connectivity index (χ4n) is 1.71. The number of carbonyl (C=O) groups excluding carboxylic acids is 1. The van der Waals surface area contributed by atoms with Gasteiger partial charge in [0.05, 0.1) is 5.92 Å². The summed E-state index contributed by atoms with van der Waals surface area (Å²) in [6, 6.07) is 7.31. The zero-order valence-corrected chi connectivity index (χ0v) is 9.67. The number of nitrogens with one attached hydrogen (secondary N) is 1. The van der Waals surface area contributed by atoms with E-state index in [1.165, 1.54) is 0 Å². The molecule has 0 radical (unpaired) electrons. The number of benzene rings is 1. The molecule has 1 aliphatic rings. The summed E-state index contributed by atoms with van der Waals surface area (Å²) in [5, 5.41) is 3.83. The van der Waals surface area contributed by atoms with Crippen LogP contribution in [0.2, 0.25) is 5.02 Å². The standard InChI is InChI=1S/C12H14ClNO2/c13-11-3-1-9(2-4-11)8-16-12(15)10-5-6-14-7-10/h1-4,10,14H,5-8H2. The Morgan fingerprint density at radius 3 is 2.81 bits per heavy atom. The molecule has 1 atom stereocenters. The molecule has 1 fully saturated rings. The van der Waals surface area contributed by atoms with Gasteiger partial charge < -0.3 is 10.1 Å². The second-order valence-corrected chi connectivity index (χ2v) is 4.36. The Bertz CT molecular complexity index is 358. The van der Waals surface area contributed by atoms with Crippen LogP contribution in [0.25, 0.3) is 0 Å². The summed E-state index contributed by atoms with van der Waals surface area (Å²) in [6.07, 6.45) is 0.874. The molecule has 0 aromatic heterocycles. The van der Waals surface area contributed by atoms with Crippen LogP contribution in [0.5, 0.6) is 0 Å². The van der Waals surface area contributed by atoms with Crippen molar-refractivity contribution in [2.75, 3.05) is 13.1 Å². The van der Waals surface area contributed by atoms with E-state index in [0.717, 1.165) is 25.1 Å². The summed E-state index contributed by atoms with van der Waals surface area (Å²) in [5.74, 6) is -0.0905. The van der Waals surface area contributed by atoms with Crippen molar-refractivity contribution in [3.05, 3.63) is 34.9 Å². The second-order valence-electron chi connectivity index (χ2n) is 3.92. The average Bonchev–Trinajstić information content (AvgIpc) is 2.81. The van der Waals surface area contributed by atoms with Gasteiger partial charge >= 0.3 is 5.97 Å². The third kappa shape index (κ3) is 2.97. The van der Waals surface area contributed by atoms with Crippen molar-refractivity contribution in [2.24, 2.45) is 5.92 Å². The molecule has 4 heteroatoms. The highest BCUT2D eigenvalue weighted by atomic mass is 35.5. The van der Waals surface area contributed by atoms with Crippen LogP contribution in [0, 0.1) is 5.92 Å². The first-order chi connectivity index (χ1) is 7.75. The highest BCUT2D eigenvalue weighted by Crippen LogP contribution is 2.13. The van der Waals surface area contributed by atoms with Gasteiger partial charge in [-0.05, 0) is 30.7 Å². The van der Waals surface area contributed by atoms with Gasteiger partial charge in [0.1, 0.15) is 6.61 Å². The number of hydrogen-bond acceptors (Lipinski definition) is 3. The van der Waals surface area contributed by atoms with E-state index in [1.54, 1.807) is 12.1 Å². The molecule has 2 rings (SSSR count). The molecule has 1 N–H and O–H groups in total. The lowest BCUT2D eigenvalue weighted by atomic mass is 10.1. The molecule has 1 heterocycles. The number of carbonyl (C=O) groups is 1. The van der Waals surface area contributed by atoms with Gasteiger partial charge in [-0.3, -0.25) is 4.79 Å². The number of rotatable bonds is 3. The molecule has 0 saturated carbocycles. The Balaban J connectivity index is 1.82. The Hall–Kier alpha value is -1.06. The number of esters is 1. The number of ether oxygens (including phenoxy) is 1. The quantitative estimate of drug-likeness (QED) is 0.820. The zero-order chi connectivity index (χ0) is 11.4. The molecule has 86 valence electrons. The lowest BCUT2D eigenvalue weighted by Crippen LogP contribution is -2.20. The lowest BCUT2D eigenvalue weighted by molar-refractivity contribution is -0.149. The largest absolute Gasteiger partial charge is 0.461 e. The van der Waals surface area contributed by atoms with Gasteiger partial charge in [0, 0.05) is 11.6 Å². The Morgan fingerprint density at radius 1 is 1.44 bits per heavy atom. The fraction of sp³-hybridized carbons (Fsp3) is 0.417. The van der Waals surface area contributed by atoms with Crippen LogP contribution >= 0.6 is 11.6 Å². The SMILES string of the molecule is O=C(OCc1ccc(Cl)cc1)C1CCNC1. The maximum Gasteiger partial charge on any atom is 0.310 e. The first kappa shape index (κ1) is 11.4. The normalized spacial score (nSPS) is 19.7. The van der Waals surface area contributed by atoms with Crippen molar-refractivity contribution in [3.8, 4) is 0 Å². The van der Waals surface area contributed by atoms with E-state index in [9.17, 15) is 4.79 Å². The van der Waals surface area contributed by atoms with Crippen LogP contribution in [-0.2, 0) is 16.1 Å². The van der Waals surface area contributed by atoms with Gasteiger partial charge in [-0.15, -0.1) is 0 Å². The van der Waals surface area contributed by atoms with Crippen molar-refractivity contribution in [2.45, 2.75) is 13.0 Å². The fourth-order valence-corrected chi connectivity index (χ4v) is 1.83. The third-order valence-corrected chi connectivity index (χ3v) is 2.94. The summed E-state index contributed by atoms with van der Waals surface area (Å²) < 4.78 is 5.23. The van der Waals surface area contributed by atoms with Gasteiger partial charge in [0.15, 0.2) is 0 Å². The topological polar surface area (TPSA) is 38.3 Å². The molecule has 0 spiro atoms. The molecule has 16 heavy (non-hydrogen) atoms. The van der Waals surface area contributed by atoms with Gasteiger partial charge in [0.25, 0.3) is 0 Å². The van der Waals surface area contributed by atoms with Gasteiger partial charge in [-0.2, -0.15) is 0 Å². The van der Waals surface area contributed by atoms with Crippen LogP contribution in [0.1, 0.15) is 12.0 Å². The number of halogens is 1. The van der Waals surface area contributed by atoms with Gasteiger partial charge in [-0.25, -0.2) is 0 Å². The molecule has 0 bridgehead atoms. The van der Waals surface area contributed by atoms with E-state index >= 15 is 0 Å². The van der Waals surface area contributed by atoms with E-state index < -0.39 is 0 Å². The first-order valence-electron chi connectivity index (χ1n) is 5.37. The van der Waals surface area contributed by atoms with Crippen molar-refractivity contribution in [1.82, 2.24) is 5.32 Å². The van der Waals surface area contributed by atoms with E-state index in [-0.39, 0.29) is 11.9 Å². The lowest BCUT2D eigenvalue weighted by Gasteiger charge is -2.09. The Kier molecular flexibility index (Phi) is 3.80.